The third kappa shape index (κ3) is 9.02. The molecule has 0 amide bonds. The van der Waals surface area contributed by atoms with Gasteiger partial charge in [-0.05, 0) is 98.1 Å². The molecule has 0 atom stereocenters. The van der Waals surface area contributed by atoms with Crippen LogP contribution in [0.4, 0.5) is 0 Å². The molecular formula is C63H54N3OPt-. The standard InChI is InChI=1S/C63H54N3O.Pt/c1-41-34-47(43-20-13-9-14-21-43)30-31-57(41)66-58-25-17-24-53(59(58)65-61(66)54-39-52(62(2,3)4)40-55(60(54)67)63(5,6)7)50-35-49(44-22-15-10-16-23-44)36-51(37-50)56-38-48(32-33-64-56)46-28-26-45(27-29-46)42-18-11-8-12-19-42;/h8-36,38-40,67H,1-7H3;/q-1;/i1D3;. The fourth-order valence-electron chi connectivity index (χ4n) is 8.99. The molecular weight excluding hydrogens is 1010 g/mol. The second kappa shape index (κ2) is 18.5. The Morgan fingerprint density at radius 1 is 0.515 bits per heavy atom. The largest absolute Gasteiger partial charge is 0.507 e. The number of pyridine rings is 1. The Balaban J connectivity index is 0.00000624. The fourth-order valence-corrected chi connectivity index (χ4v) is 8.99. The Bertz CT molecular complexity index is 3540. The van der Waals surface area contributed by atoms with Crippen molar-refractivity contribution < 1.29 is 30.3 Å². The zero-order valence-electron chi connectivity index (χ0n) is 42.1. The maximum Gasteiger partial charge on any atom is 0.148 e. The summed E-state index contributed by atoms with van der Waals surface area (Å²) in [6.07, 6.45) is 1.85. The van der Waals surface area contributed by atoms with Crippen molar-refractivity contribution in [1.29, 1.82) is 0 Å². The topological polar surface area (TPSA) is 50.9 Å². The summed E-state index contributed by atoms with van der Waals surface area (Å²) in [5, 5.41) is 12.5. The van der Waals surface area contributed by atoms with Crippen LogP contribution in [0.5, 0.6) is 5.75 Å². The molecule has 0 aliphatic carbocycles. The molecule has 2 aromatic heterocycles. The van der Waals surface area contributed by atoms with E-state index in [0.29, 0.717) is 28.1 Å². The molecule has 2 heterocycles. The molecule has 4 nitrogen and oxygen atoms in total. The van der Waals surface area contributed by atoms with Gasteiger partial charge in [-0.25, -0.2) is 4.98 Å². The van der Waals surface area contributed by atoms with Gasteiger partial charge in [-0.1, -0.05) is 204 Å². The third-order valence-electron chi connectivity index (χ3n) is 12.7. The van der Waals surface area contributed by atoms with E-state index in [-0.39, 0.29) is 37.8 Å². The number of phenolic OH excluding ortho intramolecular Hbond substituents is 1. The van der Waals surface area contributed by atoms with Crippen LogP contribution in [0.15, 0.2) is 194 Å². The van der Waals surface area contributed by atoms with Gasteiger partial charge in [0.1, 0.15) is 11.6 Å². The van der Waals surface area contributed by atoms with Gasteiger partial charge in [0.05, 0.1) is 22.3 Å². The number of hydrogen-bond acceptors (Lipinski definition) is 3. The van der Waals surface area contributed by atoms with E-state index in [4.69, 9.17) is 14.1 Å². The molecule has 0 aliphatic rings. The van der Waals surface area contributed by atoms with Crippen LogP contribution in [0.25, 0.3) is 95.0 Å². The average molecular weight is 1070 g/mol. The number of rotatable bonds is 8. The van der Waals surface area contributed by atoms with Crippen LogP contribution in [0.2, 0.25) is 0 Å². The molecule has 0 unspecified atom stereocenters. The number of aromatic nitrogens is 3. The number of para-hydroxylation sites is 1. The molecule has 10 rings (SSSR count). The van der Waals surface area contributed by atoms with Crippen molar-refractivity contribution in [2.75, 3.05) is 0 Å². The third-order valence-corrected chi connectivity index (χ3v) is 12.7. The maximum absolute atomic E-state index is 12.5. The van der Waals surface area contributed by atoms with Crippen molar-refractivity contribution in [3.8, 4) is 89.7 Å². The second-order valence-electron chi connectivity index (χ2n) is 19.4. The molecule has 68 heavy (non-hydrogen) atoms. The minimum atomic E-state index is -2.50. The number of fused-ring (bicyclic) bond motifs is 1. The molecule has 338 valence electrons. The first-order chi connectivity index (χ1) is 33.5. The van der Waals surface area contributed by atoms with Crippen LogP contribution in [0.1, 0.15) is 62.3 Å². The molecule has 1 N–H and O–H groups in total. The zero-order chi connectivity index (χ0) is 49.0. The summed E-state index contributed by atoms with van der Waals surface area (Å²) in [4.78, 5) is 10.4. The van der Waals surface area contributed by atoms with Crippen molar-refractivity contribution >= 4 is 11.0 Å². The predicted octanol–water partition coefficient (Wildman–Crippen LogP) is 16.5. The first-order valence-electron chi connectivity index (χ1n) is 24.4. The minimum Gasteiger partial charge on any atom is -0.507 e. The zero-order valence-corrected chi connectivity index (χ0v) is 41.4. The predicted molar refractivity (Wildman–Crippen MR) is 280 cm³/mol. The quantitative estimate of drug-likeness (QED) is 0.154. The number of phenols is 1. The Morgan fingerprint density at radius 2 is 1.07 bits per heavy atom. The Kier molecular flexibility index (Phi) is 11.5. The first kappa shape index (κ1) is 42.2. The van der Waals surface area contributed by atoms with Crippen molar-refractivity contribution in [3.63, 3.8) is 0 Å². The summed E-state index contributed by atoms with van der Waals surface area (Å²) in [5.74, 6) is 0.539. The summed E-state index contributed by atoms with van der Waals surface area (Å²) in [5.41, 5.74) is 14.8. The van der Waals surface area contributed by atoms with E-state index < -0.39 is 12.3 Å². The summed E-state index contributed by atoms with van der Waals surface area (Å²) in [6.45, 7) is 10.2. The molecule has 0 fully saturated rings. The van der Waals surface area contributed by atoms with Crippen LogP contribution in [-0.4, -0.2) is 19.6 Å². The number of aryl methyl sites for hydroxylation is 1. The smallest absolute Gasteiger partial charge is 0.148 e. The second-order valence-corrected chi connectivity index (χ2v) is 19.4. The van der Waals surface area contributed by atoms with Crippen LogP contribution in [-0.2, 0) is 31.9 Å². The van der Waals surface area contributed by atoms with E-state index in [1.807, 2.05) is 108 Å². The van der Waals surface area contributed by atoms with Crippen LogP contribution >= 0.6 is 0 Å². The van der Waals surface area contributed by atoms with E-state index in [1.54, 1.807) is 6.07 Å². The molecule has 0 aliphatic heterocycles. The molecule has 10 aromatic rings. The van der Waals surface area contributed by atoms with Crippen molar-refractivity contribution in [2.24, 2.45) is 0 Å². The molecule has 0 saturated carbocycles. The van der Waals surface area contributed by atoms with Crippen molar-refractivity contribution in [1.82, 2.24) is 14.5 Å². The monoisotopic (exact) mass is 1070 g/mol. The first-order valence-corrected chi connectivity index (χ1v) is 22.9. The molecule has 0 radical (unpaired) electrons. The summed E-state index contributed by atoms with van der Waals surface area (Å²) < 4.78 is 28.9. The minimum absolute atomic E-state index is 0. The van der Waals surface area contributed by atoms with Gasteiger partial charge >= 0.3 is 0 Å². The number of benzene rings is 8. The summed E-state index contributed by atoms with van der Waals surface area (Å²) >= 11 is 0. The van der Waals surface area contributed by atoms with Crippen molar-refractivity contribution in [3.05, 3.63) is 217 Å². The maximum atomic E-state index is 12.5. The SMILES string of the molecule is [2H]C([2H])([2H])c1cc(-c2ccccc2)ccc1-n1c(-c2cc(C(C)(C)C)cc(C(C)(C)C)c2O)nc2c(-c3[c-]c(-c4cc(-c5ccc(-c6ccccc6)cc5)ccn4)cc(-c4ccccc4)c3)cccc21.[Pt]. The van der Waals surface area contributed by atoms with E-state index in [0.717, 1.165) is 72.5 Å². The fraction of sp³-hybridized carbons (Fsp3) is 0.143. The van der Waals surface area contributed by atoms with Gasteiger partial charge in [0.25, 0.3) is 0 Å². The number of nitrogens with zero attached hydrogens (tertiary/aromatic N) is 3. The number of imidazole rings is 1. The summed E-state index contributed by atoms with van der Waals surface area (Å²) in [7, 11) is 0. The van der Waals surface area contributed by atoms with Gasteiger partial charge in [-0.15, -0.1) is 23.8 Å². The van der Waals surface area contributed by atoms with Gasteiger partial charge in [-0.3, -0.25) is 9.55 Å². The molecule has 0 bridgehead atoms. The van der Waals surface area contributed by atoms with Gasteiger partial charge in [-0.2, -0.15) is 0 Å². The van der Waals surface area contributed by atoms with Crippen molar-refractivity contribution in [2.45, 2.75) is 59.2 Å². The van der Waals surface area contributed by atoms with Crippen LogP contribution in [0, 0.1) is 12.9 Å². The normalized spacial score (nSPS) is 12.5. The van der Waals surface area contributed by atoms with E-state index in [9.17, 15) is 5.11 Å². The van der Waals surface area contributed by atoms with Gasteiger partial charge in [0.15, 0.2) is 0 Å². The van der Waals surface area contributed by atoms with Crippen LogP contribution < -0.4 is 0 Å². The van der Waals surface area contributed by atoms with E-state index in [1.165, 1.54) is 5.56 Å². The summed E-state index contributed by atoms with van der Waals surface area (Å²) in [6, 6.07) is 67.0. The molecule has 8 aromatic carbocycles. The van der Waals surface area contributed by atoms with Gasteiger partial charge < -0.3 is 5.11 Å². The molecule has 0 spiro atoms. The average Bonchev–Trinajstić information content (AvgIpc) is 3.75. The number of aromatic hydroxyl groups is 1. The van der Waals surface area contributed by atoms with Gasteiger partial charge in [0, 0.05) is 42.6 Å². The molecule has 0 saturated heterocycles. The molecule has 5 heteroatoms. The van der Waals surface area contributed by atoms with Gasteiger partial charge in [0.2, 0.25) is 0 Å². The Hall–Kier alpha value is -7.13. The van der Waals surface area contributed by atoms with E-state index >= 15 is 0 Å². The van der Waals surface area contributed by atoms with E-state index in [2.05, 4.69) is 133 Å². The Morgan fingerprint density at radius 3 is 1.69 bits per heavy atom. The number of hydrogen-bond donors (Lipinski definition) is 1. The Labute approximate surface area is 419 Å². The van der Waals surface area contributed by atoms with Crippen LogP contribution in [0.3, 0.4) is 0 Å².